The van der Waals surface area contributed by atoms with Crippen LogP contribution in [-0.2, 0) is 6.42 Å². The molecule has 0 N–H and O–H groups in total. The molecule has 13 aromatic rings. The number of rotatable bonds is 0. The third-order valence-electron chi connectivity index (χ3n) is 12.4. The first kappa shape index (κ1) is 26.0. The van der Waals surface area contributed by atoms with Crippen molar-refractivity contribution in [3.8, 4) is 0 Å². The molecule has 0 saturated heterocycles. The van der Waals surface area contributed by atoms with Crippen molar-refractivity contribution in [2.45, 2.75) is 12.8 Å². The molecule has 52 heavy (non-hydrogen) atoms. The van der Waals surface area contributed by atoms with Crippen LogP contribution >= 0.6 is 0 Å². The van der Waals surface area contributed by atoms with Gasteiger partial charge in [-0.2, -0.15) is 0 Å². The molecule has 0 amide bonds. The molecule has 0 spiro atoms. The molecular formula is C46H22N4O2. The molecule has 6 nitrogen and oxygen atoms in total. The number of allylic oxidation sites excluding steroid dienone is 1. The SMILES string of the molecule is O=c1c2ccc3c4ccc5c6ccc7c(=O)n8c9ccccc9nc8c8ccc(c9ccc(c%10ccc(c2c3%10)c2nc3c(n12)C=CCC3)c4c59)c6c78. The quantitative estimate of drug-likeness (QED) is 0.120. The normalized spacial score (nSPS) is 14.1. The van der Waals surface area contributed by atoms with Gasteiger partial charge in [0.25, 0.3) is 11.1 Å². The Hall–Kier alpha value is -6.92. The zero-order valence-corrected chi connectivity index (χ0v) is 27.4. The first-order chi connectivity index (χ1) is 25.7. The molecule has 4 aromatic heterocycles. The zero-order valence-electron chi connectivity index (χ0n) is 27.4. The fourth-order valence-corrected chi connectivity index (χ4v) is 10.3. The molecule has 0 fully saturated rings. The third-order valence-corrected chi connectivity index (χ3v) is 12.4. The summed E-state index contributed by atoms with van der Waals surface area (Å²) in [5.74, 6) is 0. The number of imidazole rings is 2. The van der Waals surface area contributed by atoms with E-state index in [2.05, 4.69) is 72.8 Å². The maximum atomic E-state index is 14.2. The van der Waals surface area contributed by atoms with Crippen molar-refractivity contribution < 1.29 is 0 Å². The highest BCUT2D eigenvalue weighted by Crippen LogP contribution is 2.49. The Labute approximate surface area is 291 Å². The van der Waals surface area contributed by atoms with Gasteiger partial charge < -0.3 is 0 Å². The molecule has 1 aliphatic carbocycles. The van der Waals surface area contributed by atoms with Crippen LogP contribution in [-0.4, -0.2) is 18.8 Å². The lowest BCUT2D eigenvalue weighted by Crippen LogP contribution is -2.15. The molecular weight excluding hydrogens is 641 g/mol. The molecule has 6 heteroatoms. The van der Waals surface area contributed by atoms with Crippen LogP contribution in [0.1, 0.15) is 17.8 Å². The van der Waals surface area contributed by atoms with E-state index in [4.69, 9.17) is 9.97 Å². The molecule has 0 bridgehead atoms. The summed E-state index contributed by atoms with van der Waals surface area (Å²) in [4.78, 5) is 38.4. The molecule has 9 aromatic carbocycles. The van der Waals surface area contributed by atoms with Crippen LogP contribution in [0.3, 0.4) is 0 Å². The minimum Gasteiger partial charge on any atom is -0.268 e. The minimum atomic E-state index is -0.0369. The van der Waals surface area contributed by atoms with Crippen molar-refractivity contribution in [3.05, 3.63) is 135 Å². The van der Waals surface area contributed by atoms with Crippen molar-refractivity contribution in [3.63, 3.8) is 0 Å². The first-order valence-electron chi connectivity index (χ1n) is 17.8. The van der Waals surface area contributed by atoms with Crippen molar-refractivity contribution >= 4 is 125 Å². The van der Waals surface area contributed by atoms with E-state index in [-0.39, 0.29) is 11.1 Å². The molecule has 238 valence electrons. The molecule has 0 saturated carbocycles. The van der Waals surface area contributed by atoms with E-state index in [1.807, 2.05) is 40.8 Å². The van der Waals surface area contributed by atoms with E-state index in [0.717, 1.165) is 100 Å². The number of aromatic nitrogens is 4. The highest BCUT2D eigenvalue weighted by atomic mass is 16.1. The summed E-state index contributed by atoms with van der Waals surface area (Å²) in [6.07, 6.45) is 5.98. The fourth-order valence-electron chi connectivity index (χ4n) is 10.3. The van der Waals surface area contributed by atoms with E-state index in [1.165, 1.54) is 32.3 Å². The smallest absolute Gasteiger partial charge is 0.264 e. The maximum absolute atomic E-state index is 14.2. The van der Waals surface area contributed by atoms with E-state index in [1.54, 1.807) is 4.40 Å². The number of pyridine rings is 2. The van der Waals surface area contributed by atoms with E-state index < -0.39 is 0 Å². The predicted molar refractivity (Wildman–Crippen MR) is 214 cm³/mol. The summed E-state index contributed by atoms with van der Waals surface area (Å²) in [7, 11) is 0. The largest absolute Gasteiger partial charge is 0.268 e. The van der Waals surface area contributed by atoms with Gasteiger partial charge in [0.2, 0.25) is 0 Å². The van der Waals surface area contributed by atoms with Crippen LogP contribution in [0, 0.1) is 0 Å². The van der Waals surface area contributed by atoms with Crippen LogP contribution < -0.4 is 11.1 Å². The summed E-state index contributed by atoms with van der Waals surface area (Å²) in [5, 5.41) is 19.4. The topological polar surface area (TPSA) is 68.7 Å². The lowest BCUT2D eigenvalue weighted by molar-refractivity contribution is 0.939. The maximum Gasteiger partial charge on any atom is 0.264 e. The van der Waals surface area contributed by atoms with Crippen molar-refractivity contribution in [2.75, 3.05) is 0 Å². The van der Waals surface area contributed by atoms with Gasteiger partial charge >= 0.3 is 0 Å². The van der Waals surface area contributed by atoms with Gasteiger partial charge in [-0.1, -0.05) is 66.7 Å². The third kappa shape index (κ3) is 2.67. The number of nitrogens with zero attached hydrogens (tertiary/aromatic N) is 4. The summed E-state index contributed by atoms with van der Waals surface area (Å²) in [6.45, 7) is 0. The molecule has 1 aliphatic rings. The fraction of sp³-hybridized carbons (Fsp3) is 0.0435. The Morgan fingerprint density at radius 2 is 0.865 bits per heavy atom. The van der Waals surface area contributed by atoms with Gasteiger partial charge in [0.15, 0.2) is 0 Å². The zero-order chi connectivity index (χ0) is 33.7. The average molecular weight is 663 g/mol. The number of fused-ring (bicyclic) bond motifs is 12. The Kier molecular flexibility index (Phi) is 4.16. The number of benzene rings is 9. The van der Waals surface area contributed by atoms with E-state index >= 15 is 0 Å². The first-order valence-corrected chi connectivity index (χ1v) is 17.8. The molecule has 0 radical (unpaired) electrons. The van der Waals surface area contributed by atoms with Crippen LogP contribution in [0.5, 0.6) is 0 Å². The molecule has 14 rings (SSSR count). The van der Waals surface area contributed by atoms with Gasteiger partial charge in [-0.15, -0.1) is 0 Å². The molecule has 0 atom stereocenters. The number of hydrogen-bond acceptors (Lipinski definition) is 4. The van der Waals surface area contributed by atoms with Crippen molar-refractivity contribution in [1.82, 2.24) is 18.8 Å². The highest BCUT2D eigenvalue weighted by Gasteiger charge is 2.25. The van der Waals surface area contributed by atoms with Gasteiger partial charge in [-0.25, -0.2) is 9.97 Å². The highest BCUT2D eigenvalue weighted by molar-refractivity contribution is 6.45. The van der Waals surface area contributed by atoms with Crippen molar-refractivity contribution in [1.29, 1.82) is 0 Å². The van der Waals surface area contributed by atoms with Crippen molar-refractivity contribution in [2.24, 2.45) is 0 Å². The van der Waals surface area contributed by atoms with Crippen LogP contribution in [0.4, 0.5) is 0 Å². The Morgan fingerprint density at radius 3 is 1.40 bits per heavy atom. The second kappa shape index (κ2) is 8.33. The van der Waals surface area contributed by atoms with E-state index in [0.29, 0.717) is 11.0 Å². The summed E-state index contributed by atoms with van der Waals surface area (Å²) in [5.41, 5.74) is 4.97. The molecule has 0 aliphatic heterocycles. The van der Waals surface area contributed by atoms with Crippen LogP contribution in [0.15, 0.2) is 113 Å². The second-order valence-corrected chi connectivity index (χ2v) is 14.6. The Balaban J connectivity index is 1.16. The molecule has 4 heterocycles. The average Bonchev–Trinajstić information content (AvgIpc) is 3.78. The molecule has 0 unspecified atom stereocenters. The van der Waals surface area contributed by atoms with Gasteiger partial charge in [0, 0.05) is 32.3 Å². The monoisotopic (exact) mass is 662 g/mol. The Bertz CT molecular complexity index is 3900. The lowest BCUT2D eigenvalue weighted by Gasteiger charge is -2.21. The number of hydrogen-bond donors (Lipinski definition) is 0. The predicted octanol–water partition coefficient (Wildman–Crippen LogP) is 9.94. The summed E-state index contributed by atoms with van der Waals surface area (Å²) < 4.78 is 3.60. The van der Waals surface area contributed by atoms with Gasteiger partial charge in [-0.05, 0) is 120 Å². The lowest BCUT2D eigenvalue weighted by atomic mass is 9.82. The summed E-state index contributed by atoms with van der Waals surface area (Å²) in [6, 6.07) is 34.0. The second-order valence-electron chi connectivity index (χ2n) is 14.6. The minimum absolute atomic E-state index is 0.00630. The van der Waals surface area contributed by atoms with Gasteiger partial charge in [-0.3, -0.25) is 18.4 Å². The van der Waals surface area contributed by atoms with Gasteiger partial charge in [0.1, 0.15) is 11.3 Å². The van der Waals surface area contributed by atoms with Crippen LogP contribution in [0.25, 0.3) is 125 Å². The number of para-hydroxylation sites is 2. The van der Waals surface area contributed by atoms with Gasteiger partial charge in [0.05, 0.1) is 22.4 Å². The van der Waals surface area contributed by atoms with Crippen LogP contribution in [0.2, 0.25) is 0 Å². The number of aryl methyl sites for hydroxylation is 1. The summed E-state index contributed by atoms with van der Waals surface area (Å²) >= 11 is 0. The Morgan fingerprint density at radius 1 is 0.442 bits per heavy atom. The van der Waals surface area contributed by atoms with E-state index in [9.17, 15) is 9.59 Å². The standard InChI is InChI=1S/C46H22N4O2/c51-45-31-19-15-27-23-11-12-24-28-16-20-32-42-30(44-48-34-6-2-4-8-36(34)50(44)46(32)52)18-14-26(40(28)42)22-10-9-21(37(23)38(22)24)25-13-17-29(41(31)39(25)27)43-47-33-5-1-3-7-35(33)49(43)45/h1,3-5,7-20H,2,6H2.